The summed E-state index contributed by atoms with van der Waals surface area (Å²) in [6.45, 7) is 3.31. The maximum atomic E-state index is 13.5. The number of carbonyl (C=O) groups is 1. The predicted octanol–water partition coefficient (Wildman–Crippen LogP) is 4.85. The van der Waals surface area contributed by atoms with Crippen molar-refractivity contribution in [2.75, 3.05) is 32.8 Å². The molecule has 4 nitrogen and oxygen atoms in total. The van der Waals surface area contributed by atoms with Crippen molar-refractivity contribution in [3.05, 3.63) is 102 Å². The van der Waals surface area contributed by atoms with E-state index in [4.69, 9.17) is 4.74 Å². The van der Waals surface area contributed by atoms with Crippen LogP contribution in [0.3, 0.4) is 0 Å². The summed E-state index contributed by atoms with van der Waals surface area (Å²) in [7, 11) is 0. The lowest BCUT2D eigenvalue weighted by Crippen LogP contribution is -2.44. The van der Waals surface area contributed by atoms with Crippen molar-refractivity contribution < 1.29 is 13.9 Å². The molecular weight excluding hydrogens is 423 g/mol. The van der Waals surface area contributed by atoms with Crippen LogP contribution in [0.1, 0.15) is 22.4 Å². The van der Waals surface area contributed by atoms with Crippen LogP contribution in [0.5, 0.6) is 0 Å². The summed E-state index contributed by atoms with van der Waals surface area (Å²) in [6.07, 6.45) is 0. The van der Waals surface area contributed by atoms with E-state index in [2.05, 4.69) is 10.2 Å². The summed E-state index contributed by atoms with van der Waals surface area (Å²) in [5.74, 6) is -0.299. The fraction of sp³-hybridized carbons (Fsp3) is 0.269. The number of nitrogens with one attached hydrogen (secondary N) is 1. The summed E-state index contributed by atoms with van der Waals surface area (Å²) in [6, 6.07) is 26.3. The van der Waals surface area contributed by atoms with E-state index in [0.717, 1.165) is 29.1 Å². The number of hydrogen-bond donors (Lipinski definition) is 1. The Balaban J connectivity index is 1.52. The second-order valence-corrected chi connectivity index (χ2v) is 8.86. The van der Waals surface area contributed by atoms with Gasteiger partial charge in [0.2, 0.25) is 5.91 Å². The van der Waals surface area contributed by atoms with Crippen LogP contribution >= 0.6 is 11.8 Å². The number of halogens is 1. The molecule has 1 aliphatic heterocycles. The van der Waals surface area contributed by atoms with Crippen LogP contribution in [-0.4, -0.2) is 43.7 Å². The Morgan fingerprint density at radius 1 is 0.906 bits per heavy atom. The SMILES string of the molecule is O=C(NCC(c1ccc(F)cc1)N1CCOCC1)C(Sc1ccccc1)c1ccccc1. The van der Waals surface area contributed by atoms with Gasteiger partial charge in [-0.15, -0.1) is 11.8 Å². The van der Waals surface area contributed by atoms with Gasteiger partial charge in [0.05, 0.1) is 19.3 Å². The minimum Gasteiger partial charge on any atom is -0.379 e. The number of rotatable bonds is 8. The summed E-state index contributed by atoms with van der Waals surface area (Å²) in [5, 5.41) is 2.81. The molecule has 4 rings (SSSR count). The summed E-state index contributed by atoms with van der Waals surface area (Å²) in [4.78, 5) is 16.7. The van der Waals surface area contributed by atoms with Crippen molar-refractivity contribution in [1.82, 2.24) is 10.2 Å². The molecule has 1 N–H and O–H groups in total. The van der Waals surface area contributed by atoms with E-state index < -0.39 is 0 Å². The highest BCUT2D eigenvalue weighted by atomic mass is 32.2. The smallest absolute Gasteiger partial charge is 0.238 e. The first kappa shape index (κ1) is 22.5. The average molecular weight is 451 g/mol. The fourth-order valence-corrected chi connectivity index (χ4v) is 4.93. The fourth-order valence-electron chi connectivity index (χ4n) is 3.86. The number of morpholine rings is 1. The van der Waals surface area contributed by atoms with Gasteiger partial charge in [0.1, 0.15) is 11.1 Å². The molecule has 0 saturated carbocycles. The van der Waals surface area contributed by atoms with Gasteiger partial charge in [-0.25, -0.2) is 4.39 Å². The summed E-state index contributed by atoms with van der Waals surface area (Å²) < 4.78 is 19.0. The lowest BCUT2D eigenvalue weighted by Gasteiger charge is -2.35. The van der Waals surface area contributed by atoms with Crippen LogP contribution in [0.15, 0.2) is 89.8 Å². The first-order valence-corrected chi connectivity index (χ1v) is 11.7. The van der Waals surface area contributed by atoms with Gasteiger partial charge in [0.25, 0.3) is 0 Å². The van der Waals surface area contributed by atoms with Gasteiger partial charge in [-0.05, 0) is 35.4 Å². The highest BCUT2D eigenvalue weighted by Gasteiger charge is 2.26. The molecule has 1 fully saturated rings. The molecule has 0 aromatic heterocycles. The van der Waals surface area contributed by atoms with Crippen molar-refractivity contribution >= 4 is 17.7 Å². The molecule has 32 heavy (non-hydrogen) atoms. The molecular formula is C26H27FN2O2S. The lowest BCUT2D eigenvalue weighted by atomic mass is 10.0. The maximum Gasteiger partial charge on any atom is 0.238 e. The molecule has 2 unspecified atom stereocenters. The van der Waals surface area contributed by atoms with Crippen molar-refractivity contribution in [2.45, 2.75) is 16.2 Å². The first-order valence-electron chi connectivity index (χ1n) is 10.8. The number of benzene rings is 3. The minimum atomic E-state index is -0.364. The Morgan fingerprint density at radius 2 is 1.53 bits per heavy atom. The van der Waals surface area contributed by atoms with Gasteiger partial charge in [-0.1, -0.05) is 60.7 Å². The second-order valence-electron chi connectivity index (χ2n) is 7.68. The summed E-state index contributed by atoms with van der Waals surface area (Å²) in [5.41, 5.74) is 1.95. The summed E-state index contributed by atoms with van der Waals surface area (Å²) >= 11 is 1.54. The Bertz CT molecular complexity index is 980. The molecule has 1 saturated heterocycles. The van der Waals surface area contributed by atoms with E-state index in [0.29, 0.717) is 19.8 Å². The number of nitrogens with zero attached hydrogens (tertiary/aromatic N) is 1. The Morgan fingerprint density at radius 3 is 2.19 bits per heavy atom. The van der Waals surface area contributed by atoms with Gasteiger partial charge in [-0.3, -0.25) is 9.69 Å². The van der Waals surface area contributed by atoms with Crippen molar-refractivity contribution in [1.29, 1.82) is 0 Å². The molecule has 2 atom stereocenters. The predicted molar refractivity (Wildman–Crippen MR) is 126 cm³/mol. The van der Waals surface area contributed by atoms with E-state index in [1.54, 1.807) is 12.1 Å². The molecule has 0 radical (unpaired) electrons. The Labute approximate surface area is 192 Å². The average Bonchev–Trinajstić information content (AvgIpc) is 2.85. The van der Waals surface area contributed by atoms with Crippen LogP contribution < -0.4 is 5.32 Å². The van der Waals surface area contributed by atoms with Gasteiger partial charge in [0.15, 0.2) is 0 Å². The standard InChI is InChI=1S/C26H27FN2O2S/c27-22-13-11-20(12-14-22)24(29-15-17-31-18-16-29)19-28-26(30)25(21-7-3-1-4-8-21)32-23-9-5-2-6-10-23/h1-14,24-25H,15-19H2,(H,28,30). The highest BCUT2D eigenvalue weighted by Crippen LogP contribution is 2.35. The lowest BCUT2D eigenvalue weighted by molar-refractivity contribution is -0.121. The molecule has 3 aromatic rings. The zero-order chi connectivity index (χ0) is 22.2. The topological polar surface area (TPSA) is 41.6 Å². The third kappa shape index (κ3) is 5.97. The first-order chi connectivity index (χ1) is 15.7. The largest absolute Gasteiger partial charge is 0.379 e. The third-order valence-electron chi connectivity index (χ3n) is 5.55. The monoisotopic (exact) mass is 450 g/mol. The zero-order valence-electron chi connectivity index (χ0n) is 17.8. The number of amides is 1. The molecule has 1 heterocycles. The van der Waals surface area contributed by atoms with Crippen LogP contribution in [0, 0.1) is 5.82 Å². The number of hydrogen-bond acceptors (Lipinski definition) is 4. The number of ether oxygens (including phenoxy) is 1. The molecule has 0 aliphatic carbocycles. The molecule has 6 heteroatoms. The maximum absolute atomic E-state index is 13.5. The van der Waals surface area contributed by atoms with Gasteiger partial charge in [0, 0.05) is 24.5 Å². The zero-order valence-corrected chi connectivity index (χ0v) is 18.6. The molecule has 0 spiro atoms. The molecule has 1 amide bonds. The molecule has 1 aliphatic rings. The van der Waals surface area contributed by atoms with Crippen molar-refractivity contribution in [3.63, 3.8) is 0 Å². The van der Waals surface area contributed by atoms with Gasteiger partial charge < -0.3 is 10.1 Å². The van der Waals surface area contributed by atoms with Crippen LogP contribution in [0.25, 0.3) is 0 Å². The highest BCUT2D eigenvalue weighted by molar-refractivity contribution is 8.00. The molecule has 166 valence electrons. The quantitative estimate of drug-likeness (QED) is 0.498. The van der Waals surface area contributed by atoms with Gasteiger partial charge >= 0.3 is 0 Å². The minimum absolute atomic E-state index is 0.0366. The normalized spacial score (nSPS) is 16.3. The van der Waals surface area contributed by atoms with E-state index in [-0.39, 0.29) is 23.0 Å². The van der Waals surface area contributed by atoms with E-state index >= 15 is 0 Å². The van der Waals surface area contributed by atoms with Crippen LogP contribution in [0.4, 0.5) is 4.39 Å². The Kier molecular flexibility index (Phi) is 7.93. The molecule has 3 aromatic carbocycles. The number of carbonyl (C=O) groups excluding carboxylic acids is 1. The van der Waals surface area contributed by atoms with Crippen LogP contribution in [0.2, 0.25) is 0 Å². The van der Waals surface area contributed by atoms with Crippen LogP contribution in [-0.2, 0) is 9.53 Å². The second kappa shape index (κ2) is 11.3. The van der Waals surface area contributed by atoms with Gasteiger partial charge in [-0.2, -0.15) is 0 Å². The van der Waals surface area contributed by atoms with E-state index in [1.165, 1.54) is 23.9 Å². The Hall–Kier alpha value is -2.67. The van der Waals surface area contributed by atoms with Crippen molar-refractivity contribution in [3.8, 4) is 0 Å². The van der Waals surface area contributed by atoms with Crippen molar-refractivity contribution in [2.24, 2.45) is 0 Å². The third-order valence-corrected chi connectivity index (χ3v) is 6.81. The van der Waals surface area contributed by atoms with E-state index in [1.807, 2.05) is 60.7 Å². The number of thioether (sulfide) groups is 1. The van der Waals surface area contributed by atoms with E-state index in [9.17, 15) is 9.18 Å². The molecule has 0 bridgehead atoms.